The van der Waals surface area contributed by atoms with E-state index in [4.69, 9.17) is 0 Å². The van der Waals surface area contributed by atoms with Crippen molar-refractivity contribution >= 4 is 20.0 Å². The predicted molar refractivity (Wildman–Crippen MR) is 30.3 cm³/mol. The van der Waals surface area contributed by atoms with Gasteiger partial charge >= 0.3 is 53.3 Å². The number of aromatic nitrogens is 1. The molecule has 0 radical (unpaired) electrons. The Bertz CT molecular complexity index is 175. The molecule has 1 rings (SSSR count). The molecule has 0 spiro atoms. The van der Waals surface area contributed by atoms with Crippen LogP contribution in [-0.2, 0) is 3.74 Å². The summed E-state index contributed by atoms with van der Waals surface area (Å²) >= 11 is -0.880. The summed E-state index contributed by atoms with van der Waals surface area (Å²) in [6, 6.07) is 3.59. The third-order valence-corrected chi connectivity index (χ3v) is 1.75. The topological polar surface area (TPSA) is 30.0 Å². The molecule has 0 aliphatic carbocycles. The summed E-state index contributed by atoms with van der Waals surface area (Å²) in [6.07, 6.45) is 3.28. The molecule has 0 N–H and O–H groups in total. The Morgan fingerprint density at radius 2 is 2.50 bits per heavy atom. The minimum absolute atomic E-state index is 0.837. The van der Waals surface area contributed by atoms with Crippen LogP contribution in [0.4, 0.5) is 0 Å². The quantitative estimate of drug-likeness (QED) is 0.543. The van der Waals surface area contributed by atoms with Crippen LogP contribution in [0, 0.1) is 0 Å². The van der Waals surface area contributed by atoms with Gasteiger partial charge in [0.25, 0.3) is 0 Å². The molecule has 0 atom stereocenters. The molecule has 0 aliphatic heterocycles. The van der Waals surface area contributed by atoms with Gasteiger partial charge in [-0.1, -0.05) is 0 Å². The van der Waals surface area contributed by atoms with E-state index in [0.29, 0.717) is 0 Å². The van der Waals surface area contributed by atoms with E-state index in [1.54, 1.807) is 24.5 Å². The van der Waals surface area contributed by atoms with Crippen molar-refractivity contribution in [2.45, 2.75) is 0 Å². The van der Waals surface area contributed by atoms with Gasteiger partial charge in [0.05, 0.1) is 0 Å². The van der Waals surface area contributed by atoms with Gasteiger partial charge < -0.3 is 0 Å². The Kier molecular flexibility index (Phi) is 1.92. The normalized spacial score (nSPS) is 9.50. The van der Waals surface area contributed by atoms with Crippen LogP contribution in [0.15, 0.2) is 24.5 Å². The van der Waals surface area contributed by atoms with Crippen molar-refractivity contribution in [3.63, 3.8) is 0 Å². The van der Waals surface area contributed by atoms with Crippen molar-refractivity contribution in [1.82, 2.24) is 4.98 Å². The molecule has 2 nitrogen and oxygen atoms in total. The summed E-state index contributed by atoms with van der Waals surface area (Å²) in [5, 5.41) is 0. The van der Waals surface area contributed by atoms with Crippen molar-refractivity contribution in [3.8, 4) is 0 Å². The van der Waals surface area contributed by atoms with Crippen LogP contribution in [0.5, 0.6) is 0 Å². The van der Waals surface area contributed by atoms with Crippen LogP contribution in [0.3, 0.4) is 0 Å². The molecule has 0 aromatic carbocycles. The molecule has 8 heavy (non-hydrogen) atoms. The van der Waals surface area contributed by atoms with Gasteiger partial charge in [-0.3, -0.25) is 0 Å². The molecule has 1 aromatic heterocycles. The molecule has 0 fully saturated rings. The Morgan fingerprint density at radius 1 is 1.62 bits per heavy atom. The van der Waals surface area contributed by atoms with Crippen molar-refractivity contribution < 1.29 is 3.74 Å². The fourth-order valence-corrected chi connectivity index (χ4v) is 0.955. The van der Waals surface area contributed by atoms with E-state index in [1.807, 2.05) is 0 Å². The van der Waals surface area contributed by atoms with E-state index in [1.165, 1.54) is 0 Å². The second kappa shape index (κ2) is 2.73. The van der Waals surface area contributed by atoms with Crippen LogP contribution in [0.2, 0.25) is 0 Å². The van der Waals surface area contributed by atoms with Gasteiger partial charge in [0.1, 0.15) is 0 Å². The van der Waals surface area contributed by atoms with Crippen LogP contribution in [0.25, 0.3) is 0 Å². The van der Waals surface area contributed by atoms with E-state index >= 15 is 0 Å². The Balaban J connectivity index is 2.99. The first-order chi connectivity index (χ1) is 3.93. The Hall–Kier alpha value is -0.492. The fourth-order valence-electron chi connectivity index (χ4n) is 0.408. The maximum atomic E-state index is 10.2. The Labute approximate surface area is 53.9 Å². The summed E-state index contributed by atoms with van der Waals surface area (Å²) in [6.45, 7) is 0. The third kappa shape index (κ3) is 1.24. The van der Waals surface area contributed by atoms with Gasteiger partial charge in [0.15, 0.2) is 0 Å². The average molecular weight is 169 g/mol. The van der Waals surface area contributed by atoms with Crippen molar-refractivity contribution in [2.75, 3.05) is 0 Å². The molecule has 40 valence electrons. The first-order valence-corrected chi connectivity index (χ1v) is 3.87. The molecule has 1 heterocycles. The second-order valence-electron chi connectivity index (χ2n) is 1.30. The first-order valence-electron chi connectivity index (χ1n) is 2.17. The van der Waals surface area contributed by atoms with Crippen LogP contribution >= 0.6 is 0 Å². The molecule has 0 bridgehead atoms. The average Bonchev–Trinajstić information content (AvgIpc) is 1.90. The first kappa shape index (κ1) is 5.64. The predicted octanol–water partition coefficient (Wildman–Crippen LogP) is -0.243. The van der Waals surface area contributed by atoms with Gasteiger partial charge in [-0.05, 0) is 0 Å². The molecule has 1 aromatic rings. The molecule has 0 amide bonds. The second-order valence-corrected chi connectivity index (χ2v) is 2.77. The third-order valence-electron chi connectivity index (χ3n) is 0.751. The van der Waals surface area contributed by atoms with Crippen molar-refractivity contribution in [1.29, 1.82) is 0 Å². The number of hydrogen-bond donors (Lipinski definition) is 0. The zero-order valence-electron chi connectivity index (χ0n) is 4.11. The van der Waals surface area contributed by atoms with E-state index in [2.05, 4.69) is 4.98 Å². The van der Waals surface area contributed by atoms with Crippen LogP contribution in [0.1, 0.15) is 0 Å². The molecule has 3 heteroatoms. The molecular formula is C5H4AsNO. The summed E-state index contributed by atoms with van der Waals surface area (Å²) < 4.78 is 11.0. The van der Waals surface area contributed by atoms with E-state index < -0.39 is 15.7 Å². The van der Waals surface area contributed by atoms with Gasteiger partial charge in [-0.25, -0.2) is 0 Å². The monoisotopic (exact) mass is 169 g/mol. The molecular weight excluding hydrogens is 165 g/mol. The molecule has 0 saturated carbocycles. The molecule has 0 saturated heterocycles. The van der Waals surface area contributed by atoms with E-state index in [-0.39, 0.29) is 0 Å². The number of pyridine rings is 1. The standard InChI is InChI=1S/C5H4AsNO/c8-6-5-2-1-3-7-4-5/h1-4H. The molecule has 0 aliphatic rings. The summed E-state index contributed by atoms with van der Waals surface area (Å²) in [5.41, 5.74) is 0. The zero-order valence-corrected chi connectivity index (χ0v) is 5.99. The van der Waals surface area contributed by atoms with Gasteiger partial charge in [0.2, 0.25) is 0 Å². The van der Waals surface area contributed by atoms with Gasteiger partial charge in [0, 0.05) is 0 Å². The van der Waals surface area contributed by atoms with Gasteiger partial charge in [-0.2, -0.15) is 0 Å². The number of nitrogens with zero attached hydrogens (tertiary/aromatic N) is 1. The summed E-state index contributed by atoms with van der Waals surface area (Å²) in [5.74, 6) is 0. The fraction of sp³-hybridized carbons (Fsp3) is 0. The summed E-state index contributed by atoms with van der Waals surface area (Å²) in [4.78, 5) is 3.78. The Morgan fingerprint density at radius 3 is 2.88 bits per heavy atom. The van der Waals surface area contributed by atoms with Crippen molar-refractivity contribution in [2.24, 2.45) is 0 Å². The van der Waals surface area contributed by atoms with Crippen LogP contribution < -0.4 is 4.35 Å². The SMILES string of the molecule is O=[As]c1cccnc1. The van der Waals surface area contributed by atoms with E-state index in [0.717, 1.165) is 4.35 Å². The van der Waals surface area contributed by atoms with Gasteiger partial charge in [-0.15, -0.1) is 0 Å². The minimum atomic E-state index is -0.880. The number of rotatable bonds is 1. The molecule has 0 unspecified atom stereocenters. The van der Waals surface area contributed by atoms with Crippen LogP contribution in [-0.4, -0.2) is 20.7 Å². The van der Waals surface area contributed by atoms with E-state index in [9.17, 15) is 3.74 Å². The number of hydrogen-bond acceptors (Lipinski definition) is 2. The zero-order chi connectivity index (χ0) is 5.82. The maximum absolute atomic E-state index is 10.2. The van der Waals surface area contributed by atoms with Crippen molar-refractivity contribution in [3.05, 3.63) is 24.5 Å². The summed E-state index contributed by atoms with van der Waals surface area (Å²) in [7, 11) is 0.